The Bertz CT molecular complexity index is 1220. The van der Waals surface area contributed by atoms with Crippen molar-refractivity contribution in [1.82, 2.24) is 0 Å². The van der Waals surface area contributed by atoms with Gasteiger partial charge < -0.3 is 49.6 Å². The molecule has 0 spiro atoms. The van der Waals surface area contributed by atoms with Crippen LogP contribution in [0.5, 0.6) is 28.7 Å². The molecule has 0 radical (unpaired) electrons. The summed E-state index contributed by atoms with van der Waals surface area (Å²) in [5.74, 6) is -2.46. The number of ether oxygens (including phenoxy) is 2. The number of hydrogen-bond acceptors (Lipinski definition) is 11. The van der Waals surface area contributed by atoms with Crippen molar-refractivity contribution in [3.8, 4) is 40.1 Å². The summed E-state index contributed by atoms with van der Waals surface area (Å²) in [6.45, 7) is -0.700. The second-order valence-corrected chi connectivity index (χ2v) is 7.36. The molecule has 1 aliphatic heterocycles. The molecule has 1 fully saturated rings. The highest BCUT2D eigenvalue weighted by atomic mass is 16.6. The molecule has 0 saturated carbocycles. The van der Waals surface area contributed by atoms with Crippen LogP contribution in [-0.4, -0.2) is 73.4 Å². The first-order valence-electron chi connectivity index (χ1n) is 9.51. The standard InChI is InChI=1S/C21H20O11/c22-9-4-12(25)16-14(5-9)32-20(8-1-2-10(23)11(24)3-8)21(19(16)29)31-7-15-18(28)17(27)13(26)6-30-15/h1-5,13,15,17-18,22-28H,6-7H2/t13-,15+,17-,18-/m1/s1. The minimum Gasteiger partial charge on any atom is -0.508 e. The number of fused-ring (bicyclic) bond motifs is 1. The maximum Gasteiger partial charge on any atom is 0.239 e. The van der Waals surface area contributed by atoms with Gasteiger partial charge in [-0.1, -0.05) is 0 Å². The van der Waals surface area contributed by atoms with E-state index in [4.69, 9.17) is 13.9 Å². The van der Waals surface area contributed by atoms with Crippen LogP contribution in [0.15, 0.2) is 39.5 Å². The van der Waals surface area contributed by atoms with Crippen molar-refractivity contribution in [2.45, 2.75) is 24.4 Å². The lowest BCUT2D eigenvalue weighted by Gasteiger charge is -2.35. The largest absolute Gasteiger partial charge is 0.508 e. The lowest BCUT2D eigenvalue weighted by Crippen LogP contribution is -2.54. The van der Waals surface area contributed by atoms with E-state index in [2.05, 4.69) is 0 Å². The highest BCUT2D eigenvalue weighted by Gasteiger charge is 2.38. The molecule has 0 unspecified atom stereocenters. The molecule has 0 bridgehead atoms. The summed E-state index contributed by atoms with van der Waals surface area (Å²) in [4.78, 5) is 13.1. The second-order valence-electron chi connectivity index (χ2n) is 7.36. The van der Waals surface area contributed by atoms with Crippen molar-refractivity contribution >= 4 is 11.0 Å². The smallest absolute Gasteiger partial charge is 0.239 e. The third-order valence-corrected chi connectivity index (χ3v) is 5.15. The van der Waals surface area contributed by atoms with Crippen molar-refractivity contribution in [1.29, 1.82) is 0 Å². The van der Waals surface area contributed by atoms with E-state index in [1.807, 2.05) is 0 Å². The number of aromatic hydroxyl groups is 4. The quantitative estimate of drug-likeness (QED) is 0.269. The molecule has 32 heavy (non-hydrogen) atoms. The van der Waals surface area contributed by atoms with Gasteiger partial charge in [-0.25, -0.2) is 0 Å². The first kappa shape index (κ1) is 21.7. The molecule has 170 valence electrons. The second kappa shape index (κ2) is 8.20. The Morgan fingerprint density at radius 1 is 0.938 bits per heavy atom. The zero-order valence-corrected chi connectivity index (χ0v) is 16.4. The van der Waals surface area contributed by atoms with E-state index in [9.17, 15) is 40.5 Å². The van der Waals surface area contributed by atoms with Crippen LogP contribution in [-0.2, 0) is 4.74 Å². The molecule has 11 heteroatoms. The summed E-state index contributed by atoms with van der Waals surface area (Å²) in [6, 6.07) is 5.66. The summed E-state index contributed by atoms with van der Waals surface area (Å²) in [5.41, 5.74) is -0.871. The third-order valence-electron chi connectivity index (χ3n) is 5.15. The molecule has 2 heterocycles. The molecular weight excluding hydrogens is 428 g/mol. The fraction of sp³-hybridized carbons (Fsp3) is 0.286. The number of aliphatic hydroxyl groups is 3. The predicted molar refractivity (Wildman–Crippen MR) is 108 cm³/mol. The lowest BCUT2D eigenvalue weighted by atomic mass is 10.0. The SMILES string of the molecule is O=c1c(OC[C@@H]2OC[C@@H](O)[C@@H](O)[C@@H]2O)c(-c2ccc(O)c(O)c2)oc2cc(O)cc(O)c12. The summed E-state index contributed by atoms with van der Waals surface area (Å²) >= 11 is 0. The summed E-state index contributed by atoms with van der Waals surface area (Å²) in [6.07, 6.45) is -5.37. The summed E-state index contributed by atoms with van der Waals surface area (Å²) < 4.78 is 16.5. The Morgan fingerprint density at radius 3 is 2.41 bits per heavy atom. The molecule has 1 aromatic heterocycles. The average molecular weight is 448 g/mol. The van der Waals surface area contributed by atoms with E-state index in [1.165, 1.54) is 6.07 Å². The van der Waals surface area contributed by atoms with Crippen molar-refractivity contribution in [3.05, 3.63) is 40.6 Å². The van der Waals surface area contributed by atoms with E-state index >= 15 is 0 Å². The van der Waals surface area contributed by atoms with Crippen molar-refractivity contribution in [2.24, 2.45) is 0 Å². The number of phenols is 4. The molecule has 0 amide bonds. The monoisotopic (exact) mass is 448 g/mol. The van der Waals surface area contributed by atoms with Gasteiger partial charge in [-0.2, -0.15) is 0 Å². The minimum absolute atomic E-state index is 0.123. The van der Waals surface area contributed by atoms with Crippen LogP contribution in [0.2, 0.25) is 0 Å². The Hall–Kier alpha value is -3.51. The predicted octanol–water partition coefficient (Wildman–Crippen LogP) is 0.143. The Kier molecular flexibility index (Phi) is 5.57. The van der Waals surface area contributed by atoms with Gasteiger partial charge in [0.2, 0.25) is 11.2 Å². The fourth-order valence-corrected chi connectivity index (χ4v) is 3.43. The number of aliphatic hydroxyl groups excluding tert-OH is 3. The highest BCUT2D eigenvalue weighted by Crippen LogP contribution is 2.38. The molecule has 11 nitrogen and oxygen atoms in total. The number of rotatable bonds is 4. The van der Waals surface area contributed by atoms with Crippen LogP contribution in [0, 0.1) is 0 Å². The van der Waals surface area contributed by atoms with E-state index in [0.29, 0.717) is 0 Å². The van der Waals surface area contributed by atoms with Crippen LogP contribution in [0.3, 0.4) is 0 Å². The van der Waals surface area contributed by atoms with Gasteiger partial charge in [0.1, 0.15) is 53.5 Å². The molecule has 1 aliphatic rings. The van der Waals surface area contributed by atoms with Gasteiger partial charge in [-0.05, 0) is 18.2 Å². The minimum atomic E-state index is -1.50. The number of phenolic OH excluding ortho intramolecular Hbond substituents is 4. The van der Waals surface area contributed by atoms with E-state index < -0.39 is 59.4 Å². The van der Waals surface area contributed by atoms with Crippen LogP contribution >= 0.6 is 0 Å². The van der Waals surface area contributed by atoms with Crippen molar-refractivity contribution in [2.75, 3.05) is 13.2 Å². The van der Waals surface area contributed by atoms with Gasteiger partial charge in [0.25, 0.3) is 0 Å². The Labute approximate surface area is 179 Å². The normalized spacial score (nSPS) is 23.3. The van der Waals surface area contributed by atoms with E-state index in [1.54, 1.807) is 0 Å². The van der Waals surface area contributed by atoms with Gasteiger partial charge in [0.05, 0.1) is 6.61 Å². The molecule has 0 aliphatic carbocycles. The molecule has 4 rings (SSSR count). The fourth-order valence-electron chi connectivity index (χ4n) is 3.43. The number of benzene rings is 2. The Balaban J connectivity index is 1.81. The van der Waals surface area contributed by atoms with Gasteiger partial charge in [0.15, 0.2) is 17.3 Å². The zero-order valence-electron chi connectivity index (χ0n) is 16.4. The van der Waals surface area contributed by atoms with Crippen LogP contribution in [0.25, 0.3) is 22.3 Å². The van der Waals surface area contributed by atoms with Crippen molar-refractivity contribution < 1.29 is 49.6 Å². The maximum absolute atomic E-state index is 13.1. The van der Waals surface area contributed by atoms with Gasteiger partial charge >= 0.3 is 0 Å². The molecule has 2 aromatic carbocycles. The van der Waals surface area contributed by atoms with E-state index in [-0.39, 0.29) is 34.6 Å². The summed E-state index contributed by atoms with van der Waals surface area (Å²) in [5, 5.41) is 68.6. The number of hydrogen-bond donors (Lipinski definition) is 7. The lowest BCUT2D eigenvalue weighted by molar-refractivity contribution is -0.193. The van der Waals surface area contributed by atoms with Crippen LogP contribution < -0.4 is 10.2 Å². The van der Waals surface area contributed by atoms with Gasteiger partial charge in [-0.3, -0.25) is 4.79 Å². The summed E-state index contributed by atoms with van der Waals surface area (Å²) in [7, 11) is 0. The maximum atomic E-state index is 13.1. The molecular formula is C21H20O11. The average Bonchev–Trinajstić information content (AvgIpc) is 2.74. The Morgan fingerprint density at radius 2 is 1.69 bits per heavy atom. The zero-order chi connectivity index (χ0) is 23.2. The molecule has 4 atom stereocenters. The first-order chi connectivity index (χ1) is 15.2. The van der Waals surface area contributed by atoms with Crippen molar-refractivity contribution in [3.63, 3.8) is 0 Å². The van der Waals surface area contributed by atoms with Crippen LogP contribution in [0.4, 0.5) is 0 Å². The topological polar surface area (TPSA) is 190 Å². The third kappa shape index (κ3) is 3.78. The van der Waals surface area contributed by atoms with E-state index in [0.717, 1.165) is 24.3 Å². The molecule has 7 N–H and O–H groups in total. The van der Waals surface area contributed by atoms with Gasteiger partial charge in [-0.15, -0.1) is 0 Å². The van der Waals surface area contributed by atoms with Crippen LogP contribution in [0.1, 0.15) is 0 Å². The highest BCUT2D eigenvalue weighted by molar-refractivity contribution is 5.88. The molecule has 3 aromatic rings. The molecule has 1 saturated heterocycles. The van der Waals surface area contributed by atoms with Gasteiger partial charge in [0, 0.05) is 17.7 Å². The first-order valence-corrected chi connectivity index (χ1v) is 9.51.